The number of aryl methyl sites for hydroxylation is 2. The van der Waals surface area contributed by atoms with Crippen LogP contribution in [-0.4, -0.2) is 16.1 Å². The SMILES string of the molecule is Cc1n[nH]c(C)c1C(=O)Nc1c(Br)cc(Br)cc1Br. The van der Waals surface area contributed by atoms with Crippen LogP contribution in [0, 0.1) is 13.8 Å². The van der Waals surface area contributed by atoms with Gasteiger partial charge in [0.15, 0.2) is 0 Å². The Labute approximate surface area is 135 Å². The van der Waals surface area contributed by atoms with E-state index < -0.39 is 0 Å². The number of rotatable bonds is 2. The van der Waals surface area contributed by atoms with Crippen molar-refractivity contribution in [3.05, 3.63) is 42.5 Å². The number of nitrogens with zero attached hydrogens (tertiary/aromatic N) is 1. The fourth-order valence-corrected chi connectivity index (χ4v) is 4.18. The van der Waals surface area contributed by atoms with E-state index in [9.17, 15) is 4.79 Å². The Morgan fingerprint density at radius 1 is 1.21 bits per heavy atom. The van der Waals surface area contributed by atoms with Gasteiger partial charge in [-0.3, -0.25) is 9.89 Å². The number of anilines is 1. The smallest absolute Gasteiger partial charge is 0.259 e. The Kier molecular flexibility index (Phi) is 4.47. The Morgan fingerprint density at radius 2 is 1.79 bits per heavy atom. The lowest BCUT2D eigenvalue weighted by atomic mass is 10.2. The van der Waals surface area contributed by atoms with Gasteiger partial charge in [0.2, 0.25) is 0 Å². The molecule has 1 aromatic carbocycles. The molecule has 0 atom stereocenters. The summed E-state index contributed by atoms with van der Waals surface area (Å²) in [6.07, 6.45) is 0. The third-order valence-electron chi connectivity index (χ3n) is 2.60. The van der Waals surface area contributed by atoms with Crippen molar-refractivity contribution in [1.29, 1.82) is 0 Å². The highest BCUT2D eigenvalue weighted by Gasteiger charge is 2.17. The number of aromatic amines is 1. The second-order valence-corrected chi connectivity index (χ2v) is 6.63. The molecule has 0 aliphatic heterocycles. The number of hydrogen-bond acceptors (Lipinski definition) is 2. The first kappa shape index (κ1) is 14.7. The lowest BCUT2D eigenvalue weighted by molar-refractivity contribution is 0.102. The summed E-state index contributed by atoms with van der Waals surface area (Å²) < 4.78 is 2.50. The number of benzene rings is 1. The number of amides is 1. The van der Waals surface area contributed by atoms with Crippen LogP contribution >= 0.6 is 47.8 Å². The quantitative estimate of drug-likeness (QED) is 0.702. The summed E-state index contributed by atoms with van der Waals surface area (Å²) >= 11 is 10.2. The van der Waals surface area contributed by atoms with Gasteiger partial charge in [0.25, 0.3) is 5.91 Å². The van der Waals surface area contributed by atoms with Gasteiger partial charge < -0.3 is 5.32 Å². The van der Waals surface area contributed by atoms with E-state index >= 15 is 0 Å². The predicted molar refractivity (Wildman–Crippen MR) is 85.6 cm³/mol. The number of nitrogens with one attached hydrogen (secondary N) is 2. The standard InChI is InChI=1S/C12H10Br3N3O/c1-5-10(6(2)18-17-5)12(19)16-11-8(14)3-7(13)4-9(11)15/h3-4H,1-2H3,(H,16,19)(H,17,18). The van der Waals surface area contributed by atoms with Crippen LogP contribution in [0.4, 0.5) is 5.69 Å². The summed E-state index contributed by atoms with van der Waals surface area (Å²) in [4.78, 5) is 12.3. The van der Waals surface area contributed by atoms with E-state index in [4.69, 9.17) is 0 Å². The minimum absolute atomic E-state index is 0.188. The van der Waals surface area contributed by atoms with Crippen molar-refractivity contribution in [3.63, 3.8) is 0 Å². The van der Waals surface area contributed by atoms with E-state index in [0.717, 1.165) is 19.1 Å². The van der Waals surface area contributed by atoms with Crippen LogP contribution in [0.5, 0.6) is 0 Å². The summed E-state index contributed by atoms with van der Waals surface area (Å²) in [5.74, 6) is -0.188. The van der Waals surface area contributed by atoms with E-state index in [0.29, 0.717) is 16.9 Å². The van der Waals surface area contributed by atoms with Crippen LogP contribution in [0.3, 0.4) is 0 Å². The number of halogens is 3. The van der Waals surface area contributed by atoms with Crippen molar-refractivity contribution in [1.82, 2.24) is 10.2 Å². The zero-order chi connectivity index (χ0) is 14.2. The molecule has 0 bridgehead atoms. The van der Waals surface area contributed by atoms with Crippen LogP contribution in [0.15, 0.2) is 25.6 Å². The second-order valence-electron chi connectivity index (χ2n) is 4.01. The molecule has 0 aliphatic carbocycles. The summed E-state index contributed by atoms with van der Waals surface area (Å²) in [7, 11) is 0. The molecular formula is C12H10Br3N3O. The summed E-state index contributed by atoms with van der Waals surface area (Å²) in [5, 5.41) is 9.70. The summed E-state index contributed by atoms with van der Waals surface area (Å²) in [6.45, 7) is 3.62. The molecule has 1 aromatic heterocycles. The maximum Gasteiger partial charge on any atom is 0.259 e. The van der Waals surface area contributed by atoms with Gasteiger partial charge in [-0.25, -0.2) is 0 Å². The van der Waals surface area contributed by atoms with E-state index in [2.05, 4.69) is 63.3 Å². The highest BCUT2D eigenvalue weighted by atomic mass is 79.9. The van der Waals surface area contributed by atoms with Gasteiger partial charge in [-0.05, 0) is 57.8 Å². The third-order valence-corrected chi connectivity index (χ3v) is 4.31. The maximum atomic E-state index is 12.3. The van der Waals surface area contributed by atoms with Crippen LogP contribution < -0.4 is 5.32 Å². The highest BCUT2D eigenvalue weighted by Crippen LogP contribution is 2.34. The molecule has 19 heavy (non-hydrogen) atoms. The largest absolute Gasteiger partial charge is 0.320 e. The molecule has 0 radical (unpaired) electrons. The number of carbonyl (C=O) groups excluding carboxylic acids is 1. The first-order valence-electron chi connectivity index (χ1n) is 5.37. The topological polar surface area (TPSA) is 57.8 Å². The molecule has 7 heteroatoms. The molecular weight excluding hydrogens is 442 g/mol. The number of carbonyl (C=O) groups is 1. The van der Waals surface area contributed by atoms with Gasteiger partial charge in [-0.15, -0.1) is 0 Å². The summed E-state index contributed by atoms with van der Waals surface area (Å²) in [6, 6.07) is 3.74. The van der Waals surface area contributed by atoms with Crippen molar-refractivity contribution in [2.75, 3.05) is 5.32 Å². The van der Waals surface area contributed by atoms with Crippen molar-refractivity contribution >= 4 is 59.4 Å². The molecule has 0 spiro atoms. The molecule has 100 valence electrons. The Hall–Kier alpha value is -0.660. The van der Waals surface area contributed by atoms with Crippen LogP contribution in [0.25, 0.3) is 0 Å². The van der Waals surface area contributed by atoms with Crippen LogP contribution in [-0.2, 0) is 0 Å². The van der Waals surface area contributed by atoms with Crippen LogP contribution in [0.1, 0.15) is 21.7 Å². The second kappa shape index (κ2) is 5.76. The Bertz CT molecular complexity index is 609. The van der Waals surface area contributed by atoms with Gasteiger partial charge in [-0.1, -0.05) is 15.9 Å². The molecule has 0 saturated heterocycles. The van der Waals surface area contributed by atoms with E-state index in [1.807, 2.05) is 19.1 Å². The molecule has 0 saturated carbocycles. The molecule has 2 N–H and O–H groups in total. The zero-order valence-corrected chi connectivity index (χ0v) is 14.9. The Morgan fingerprint density at radius 3 is 2.26 bits per heavy atom. The third kappa shape index (κ3) is 3.09. The van der Waals surface area contributed by atoms with Gasteiger partial charge in [0.05, 0.1) is 16.9 Å². The van der Waals surface area contributed by atoms with Crippen molar-refractivity contribution in [2.24, 2.45) is 0 Å². The molecule has 1 heterocycles. The number of aromatic nitrogens is 2. The molecule has 2 aromatic rings. The fourth-order valence-electron chi connectivity index (χ4n) is 1.72. The Balaban J connectivity index is 2.35. The number of hydrogen-bond donors (Lipinski definition) is 2. The van der Waals surface area contributed by atoms with Gasteiger partial charge in [0, 0.05) is 19.1 Å². The minimum atomic E-state index is -0.188. The summed E-state index contributed by atoms with van der Waals surface area (Å²) in [5.41, 5.74) is 2.69. The van der Waals surface area contributed by atoms with Crippen molar-refractivity contribution in [2.45, 2.75) is 13.8 Å². The van der Waals surface area contributed by atoms with E-state index in [1.165, 1.54) is 0 Å². The van der Waals surface area contributed by atoms with Crippen molar-refractivity contribution in [3.8, 4) is 0 Å². The van der Waals surface area contributed by atoms with Crippen molar-refractivity contribution < 1.29 is 4.79 Å². The molecule has 2 rings (SSSR count). The van der Waals surface area contributed by atoms with E-state index in [1.54, 1.807) is 6.92 Å². The normalized spacial score (nSPS) is 10.6. The average molecular weight is 452 g/mol. The van der Waals surface area contributed by atoms with Gasteiger partial charge in [-0.2, -0.15) is 5.10 Å². The highest BCUT2D eigenvalue weighted by molar-refractivity contribution is 9.11. The monoisotopic (exact) mass is 449 g/mol. The minimum Gasteiger partial charge on any atom is -0.320 e. The van der Waals surface area contributed by atoms with Crippen LogP contribution in [0.2, 0.25) is 0 Å². The molecule has 4 nitrogen and oxygen atoms in total. The predicted octanol–water partition coefficient (Wildman–Crippen LogP) is 4.57. The van der Waals surface area contributed by atoms with Gasteiger partial charge in [0.1, 0.15) is 0 Å². The van der Waals surface area contributed by atoms with Gasteiger partial charge >= 0.3 is 0 Å². The first-order chi connectivity index (χ1) is 8.90. The lowest BCUT2D eigenvalue weighted by Crippen LogP contribution is -2.14. The molecule has 1 amide bonds. The molecule has 0 aliphatic rings. The zero-order valence-electron chi connectivity index (χ0n) is 10.1. The maximum absolute atomic E-state index is 12.3. The first-order valence-corrected chi connectivity index (χ1v) is 7.75. The lowest BCUT2D eigenvalue weighted by Gasteiger charge is -2.10. The number of H-pyrrole nitrogens is 1. The average Bonchev–Trinajstić information content (AvgIpc) is 2.63. The fraction of sp³-hybridized carbons (Fsp3) is 0.167. The molecule has 0 unspecified atom stereocenters. The van der Waals surface area contributed by atoms with E-state index in [-0.39, 0.29) is 5.91 Å². The molecule has 0 fully saturated rings.